The van der Waals surface area contributed by atoms with Gasteiger partial charge in [0.05, 0.1) is 11.2 Å². The quantitative estimate of drug-likeness (QED) is 0.876. The van der Waals surface area contributed by atoms with E-state index >= 15 is 0 Å². The zero-order valence-electron chi connectivity index (χ0n) is 11.4. The van der Waals surface area contributed by atoms with Gasteiger partial charge in [-0.2, -0.15) is 0 Å². The molecule has 1 heterocycles. The molecule has 0 spiro atoms. The number of nitrogens with zero attached hydrogens (tertiary/aromatic N) is 1. The van der Waals surface area contributed by atoms with Gasteiger partial charge in [-0.15, -0.1) is 23.7 Å². The summed E-state index contributed by atoms with van der Waals surface area (Å²) in [7, 11) is 0. The van der Waals surface area contributed by atoms with Crippen molar-refractivity contribution in [3.63, 3.8) is 0 Å². The zero-order valence-corrected chi connectivity index (χ0v) is 13.0. The summed E-state index contributed by atoms with van der Waals surface area (Å²) < 4.78 is 0. The fraction of sp³-hybridized carbons (Fsp3) is 0.667. The second-order valence-corrected chi connectivity index (χ2v) is 5.70. The van der Waals surface area contributed by atoms with Crippen molar-refractivity contribution < 1.29 is 4.79 Å². The first-order chi connectivity index (χ1) is 7.90. The van der Waals surface area contributed by atoms with Crippen LogP contribution in [0.1, 0.15) is 44.2 Å². The largest absolute Gasteiger partial charge is 0.318 e. The number of carbonyl (C=O) groups excluding carboxylic acids is 1. The minimum Gasteiger partial charge on any atom is -0.318 e. The summed E-state index contributed by atoms with van der Waals surface area (Å²) in [4.78, 5) is 17.5. The molecule has 0 saturated carbocycles. The molecule has 0 bridgehead atoms. The van der Waals surface area contributed by atoms with E-state index in [1.165, 1.54) is 11.3 Å². The minimum atomic E-state index is -0.819. The maximum atomic E-state index is 12.0. The number of aryl methyl sites for hydroxylation is 2. The van der Waals surface area contributed by atoms with E-state index in [1.807, 2.05) is 13.8 Å². The van der Waals surface area contributed by atoms with Crippen molar-refractivity contribution in [3.05, 3.63) is 10.6 Å². The highest BCUT2D eigenvalue weighted by atomic mass is 35.5. The number of carbonyl (C=O) groups is 1. The maximum Gasteiger partial charge on any atom is 0.245 e. The number of rotatable bonds is 5. The number of halogens is 1. The lowest BCUT2D eigenvalue weighted by atomic mass is 9.97. The Balaban J connectivity index is 0.00000289. The SMILES string of the molecule is CCCC(C)(N)C(=O)Nc1nc(CC)c(C)s1.Cl. The molecular formula is C12H22ClN3OS. The highest BCUT2D eigenvalue weighted by Gasteiger charge is 2.27. The number of nitrogens with two attached hydrogens (primary N) is 1. The molecule has 0 aliphatic rings. The van der Waals surface area contributed by atoms with Gasteiger partial charge in [0.15, 0.2) is 5.13 Å². The summed E-state index contributed by atoms with van der Waals surface area (Å²) in [6, 6.07) is 0. The molecule has 3 N–H and O–H groups in total. The van der Waals surface area contributed by atoms with Gasteiger partial charge in [-0.05, 0) is 26.7 Å². The predicted octanol–water partition coefficient (Wildman–Crippen LogP) is 2.89. The molecule has 0 aromatic carbocycles. The molecule has 1 unspecified atom stereocenters. The molecule has 1 aromatic rings. The number of nitrogens with one attached hydrogen (secondary N) is 1. The van der Waals surface area contributed by atoms with Crippen molar-refractivity contribution in [2.24, 2.45) is 5.73 Å². The molecule has 104 valence electrons. The normalized spacial score (nSPS) is 13.6. The van der Waals surface area contributed by atoms with E-state index in [0.717, 1.165) is 23.4 Å². The van der Waals surface area contributed by atoms with Crippen LogP contribution in [0.2, 0.25) is 0 Å². The monoisotopic (exact) mass is 291 g/mol. The highest BCUT2D eigenvalue weighted by molar-refractivity contribution is 7.15. The van der Waals surface area contributed by atoms with Gasteiger partial charge in [-0.1, -0.05) is 20.3 Å². The number of amides is 1. The smallest absolute Gasteiger partial charge is 0.245 e. The van der Waals surface area contributed by atoms with E-state index in [1.54, 1.807) is 6.92 Å². The fourth-order valence-electron chi connectivity index (χ4n) is 1.68. The van der Waals surface area contributed by atoms with Crippen LogP contribution < -0.4 is 11.1 Å². The van der Waals surface area contributed by atoms with E-state index in [4.69, 9.17) is 5.73 Å². The van der Waals surface area contributed by atoms with Gasteiger partial charge in [0.25, 0.3) is 0 Å². The molecular weight excluding hydrogens is 270 g/mol. The third-order valence-corrected chi connectivity index (χ3v) is 3.66. The summed E-state index contributed by atoms with van der Waals surface area (Å²) in [5.41, 5.74) is 6.18. The summed E-state index contributed by atoms with van der Waals surface area (Å²) in [6.45, 7) is 7.84. The number of thiazole rings is 1. The Hall–Kier alpha value is -0.650. The van der Waals surface area contributed by atoms with E-state index in [9.17, 15) is 4.79 Å². The van der Waals surface area contributed by atoms with Crippen molar-refractivity contribution in [1.29, 1.82) is 0 Å². The predicted molar refractivity (Wildman–Crippen MR) is 79.6 cm³/mol. The lowest BCUT2D eigenvalue weighted by Gasteiger charge is -2.21. The van der Waals surface area contributed by atoms with Crippen LogP contribution in [-0.4, -0.2) is 16.4 Å². The van der Waals surface area contributed by atoms with Gasteiger partial charge >= 0.3 is 0 Å². The molecule has 1 atom stereocenters. The van der Waals surface area contributed by atoms with Crippen molar-refractivity contribution in [1.82, 2.24) is 4.98 Å². The van der Waals surface area contributed by atoms with Crippen molar-refractivity contribution in [2.75, 3.05) is 5.32 Å². The van der Waals surface area contributed by atoms with Crippen LogP contribution in [0.15, 0.2) is 0 Å². The van der Waals surface area contributed by atoms with Crippen molar-refractivity contribution in [3.8, 4) is 0 Å². The Morgan fingerprint density at radius 1 is 1.50 bits per heavy atom. The van der Waals surface area contributed by atoms with Gasteiger partial charge < -0.3 is 11.1 Å². The molecule has 1 aromatic heterocycles. The summed E-state index contributed by atoms with van der Waals surface area (Å²) >= 11 is 1.50. The average molecular weight is 292 g/mol. The van der Waals surface area contributed by atoms with Gasteiger partial charge in [-0.3, -0.25) is 4.79 Å². The highest BCUT2D eigenvalue weighted by Crippen LogP contribution is 2.23. The summed E-state index contributed by atoms with van der Waals surface area (Å²) in [6.07, 6.45) is 2.44. The molecule has 0 fully saturated rings. The van der Waals surface area contributed by atoms with Gasteiger partial charge in [0.2, 0.25) is 5.91 Å². The standard InChI is InChI=1S/C12H21N3OS.ClH/c1-5-7-12(4,13)10(16)15-11-14-9(6-2)8(3)17-11;/h5-7,13H2,1-4H3,(H,14,15,16);1H. The number of hydrogen-bond acceptors (Lipinski definition) is 4. The number of hydrogen-bond donors (Lipinski definition) is 2. The Morgan fingerprint density at radius 2 is 2.11 bits per heavy atom. The van der Waals surface area contributed by atoms with Gasteiger partial charge in [0.1, 0.15) is 0 Å². The lowest BCUT2D eigenvalue weighted by Crippen LogP contribution is -2.48. The van der Waals surface area contributed by atoms with Crippen LogP contribution in [-0.2, 0) is 11.2 Å². The van der Waals surface area contributed by atoms with Crippen LogP contribution in [0.5, 0.6) is 0 Å². The molecule has 1 rings (SSSR count). The van der Waals surface area contributed by atoms with Crippen LogP contribution in [0.3, 0.4) is 0 Å². The molecule has 0 saturated heterocycles. The molecule has 6 heteroatoms. The van der Waals surface area contributed by atoms with Gasteiger partial charge in [0, 0.05) is 4.88 Å². The number of aromatic nitrogens is 1. The van der Waals surface area contributed by atoms with Crippen LogP contribution in [0, 0.1) is 6.92 Å². The Morgan fingerprint density at radius 3 is 2.56 bits per heavy atom. The molecule has 0 aliphatic heterocycles. The third kappa shape index (κ3) is 4.23. The molecule has 4 nitrogen and oxygen atoms in total. The van der Waals surface area contributed by atoms with Crippen molar-refractivity contribution in [2.45, 2.75) is 52.5 Å². The minimum absolute atomic E-state index is 0. The van der Waals surface area contributed by atoms with E-state index in [-0.39, 0.29) is 18.3 Å². The average Bonchev–Trinajstić information content (AvgIpc) is 2.58. The molecule has 18 heavy (non-hydrogen) atoms. The molecule has 1 amide bonds. The van der Waals surface area contributed by atoms with Crippen LogP contribution >= 0.6 is 23.7 Å². The summed E-state index contributed by atoms with van der Waals surface area (Å²) in [5, 5.41) is 3.46. The van der Waals surface area contributed by atoms with E-state index in [0.29, 0.717) is 11.6 Å². The number of anilines is 1. The van der Waals surface area contributed by atoms with E-state index in [2.05, 4.69) is 17.2 Å². The van der Waals surface area contributed by atoms with Gasteiger partial charge in [-0.25, -0.2) is 4.98 Å². The molecule has 0 aliphatic carbocycles. The second kappa shape index (κ2) is 7.07. The van der Waals surface area contributed by atoms with Crippen LogP contribution in [0.4, 0.5) is 5.13 Å². The Bertz CT molecular complexity index is 404. The fourth-order valence-corrected chi connectivity index (χ4v) is 2.58. The molecule has 0 radical (unpaired) electrons. The topological polar surface area (TPSA) is 68.0 Å². The Labute approximate surface area is 119 Å². The maximum absolute atomic E-state index is 12.0. The third-order valence-electron chi connectivity index (χ3n) is 2.74. The summed E-state index contributed by atoms with van der Waals surface area (Å²) in [5.74, 6) is -0.157. The first-order valence-electron chi connectivity index (χ1n) is 5.97. The van der Waals surface area contributed by atoms with Crippen LogP contribution in [0.25, 0.3) is 0 Å². The van der Waals surface area contributed by atoms with E-state index < -0.39 is 5.54 Å². The van der Waals surface area contributed by atoms with Crippen molar-refractivity contribution >= 4 is 34.8 Å². The zero-order chi connectivity index (χ0) is 13.1. The lowest BCUT2D eigenvalue weighted by molar-refractivity contribution is -0.120. The first-order valence-corrected chi connectivity index (χ1v) is 6.79. The second-order valence-electron chi connectivity index (χ2n) is 4.50. The first kappa shape index (κ1) is 17.4. The Kier molecular flexibility index (Phi) is 6.81.